The second-order valence-corrected chi connectivity index (χ2v) is 25.0. The van der Waals surface area contributed by atoms with Crippen LogP contribution in [0.4, 0.5) is 0 Å². The van der Waals surface area contributed by atoms with Crippen molar-refractivity contribution in [2.45, 2.75) is 136 Å². The van der Waals surface area contributed by atoms with Crippen molar-refractivity contribution in [3.05, 3.63) is 0 Å². The zero-order chi connectivity index (χ0) is 39.3. The minimum absolute atomic E-state index is 0.00211. The summed E-state index contributed by atoms with van der Waals surface area (Å²) in [5.41, 5.74) is 0. The predicted octanol–water partition coefficient (Wildman–Crippen LogP) is 6.02. The van der Waals surface area contributed by atoms with Crippen LogP contribution in [-0.4, -0.2) is 129 Å². The van der Waals surface area contributed by atoms with Gasteiger partial charge in [0.1, 0.15) is 0 Å². The molecule has 314 valence electrons. The van der Waals surface area contributed by atoms with Gasteiger partial charge in [-0.25, -0.2) is 0 Å². The van der Waals surface area contributed by atoms with Crippen molar-refractivity contribution in [2.75, 3.05) is 0 Å². The molecule has 4 saturated carbocycles. The van der Waals surface area contributed by atoms with Gasteiger partial charge < -0.3 is 0 Å². The average Bonchev–Trinajstić information content (AvgIpc) is 3.89. The van der Waals surface area contributed by atoms with Crippen LogP contribution in [0.5, 0.6) is 0 Å². The zero-order valence-corrected chi connectivity index (χ0v) is 40.4. The number of halogens is 15. The molecule has 9 aliphatic rings. The predicted molar refractivity (Wildman–Crippen MR) is 236 cm³/mol. The Hall–Kier alpha value is 4.22. The fourth-order valence-corrected chi connectivity index (χ4v) is 18.8. The Morgan fingerprint density at radius 2 is 0.527 bits per heavy atom. The van der Waals surface area contributed by atoms with Crippen molar-refractivity contribution in [1.82, 2.24) is 42.5 Å². The average molecular weight is 1110 g/mol. The quantitative estimate of drug-likeness (QED) is 0.140. The summed E-state index contributed by atoms with van der Waals surface area (Å²) in [6.07, 6.45) is -2.10. The van der Waals surface area contributed by atoms with Crippen molar-refractivity contribution in [3.63, 3.8) is 0 Å². The summed E-state index contributed by atoms with van der Waals surface area (Å²) in [6, 6.07) is 0. The van der Waals surface area contributed by atoms with Gasteiger partial charge in [-0.1, -0.05) is 15.9 Å². The summed E-state index contributed by atoms with van der Waals surface area (Å²) < 4.78 is 0. The van der Waals surface area contributed by atoms with Gasteiger partial charge >= 0.3 is 0 Å². The molecular formula is C32H41BrCl14N8. The molecule has 31 unspecified atom stereocenters. The van der Waals surface area contributed by atoms with Crippen LogP contribution >= 0.6 is 178 Å². The van der Waals surface area contributed by atoms with Crippen LogP contribution < -0.4 is 42.5 Å². The van der Waals surface area contributed by atoms with Crippen molar-refractivity contribution >= 4 is 178 Å². The fraction of sp³-hybridized carbons (Fsp3) is 1.00. The van der Waals surface area contributed by atoms with Crippen LogP contribution in [0, 0.1) is 47.3 Å². The molecule has 0 radical (unpaired) electrons. The number of hydrogen-bond donors (Lipinski definition) is 8. The Labute approximate surface area is 400 Å². The first-order valence-corrected chi connectivity index (χ1v) is 25.7. The smallest absolute Gasteiger partial charge is 0.0681 e. The summed E-state index contributed by atoms with van der Waals surface area (Å²) in [7, 11) is 0. The third-order valence-corrected chi connectivity index (χ3v) is 24.7. The highest BCUT2D eigenvalue weighted by molar-refractivity contribution is 9.09. The third-order valence-electron chi connectivity index (χ3n) is 14.3. The van der Waals surface area contributed by atoms with Crippen LogP contribution in [0.1, 0.15) is 6.42 Å². The van der Waals surface area contributed by atoms with E-state index in [1.54, 1.807) is 0 Å². The molecule has 0 aromatic rings. The Morgan fingerprint density at radius 3 is 0.891 bits per heavy atom. The fourth-order valence-electron chi connectivity index (χ4n) is 11.8. The highest BCUT2D eigenvalue weighted by atomic mass is 79.9. The number of alkyl halides is 15. The van der Waals surface area contributed by atoms with E-state index in [4.69, 9.17) is 162 Å². The van der Waals surface area contributed by atoms with E-state index in [1.807, 2.05) is 0 Å². The SMILES string of the molecule is ClC1CC2C3NC(NC4NC(NC5NC(NC6NC(N3)C3C(Br)C(Cl)C(Cl)C(Cl)C63)C3C(Cl)C(Cl)C(Cl)C(Cl)C53)C3C(Cl)C(Cl)C(Cl)C(Cl)C43)C2C(Cl)C1Cl. The molecule has 8 N–H and O–H groups in total. The first kappa shape index (κ1) is 44.4. The molecule has 0 spiro atoms. The monoisotopic (exact) mass is 1110 g/mol. The van der Waals surface area contributed by atoms with E-state index < -0.39 is 82.2 Å². The minimum atomic E-state index is -0.594. The lowest BCUT2D eigenvalue weighted by atomic mass is 9.75. The van der Waals surface area contributed by atoms with Gasteiger partial charge in [0.05, 0.1) is 125 Å². The van der Waals surface area contributed by atoms with Gasteiger partial charge in [0.25, 0.3) is 0 Å². The van der Waals surface area contributed by atoms with Crippen LogP contribution in [-0.2, 0) is 0 Å². The molecule has 5 saturated heterocycles. The van der Waals surface area contributed by atoms with E-state index in [1.165, 1.54) is 0 Å². The summed E-state index contributed by atoms with van der Waals surface area (Å²) in [4.78, 5) is -0.186. The molecule has 9 fully saturated rings. The van der Waals surface area contributed by atoms with Crippen LogP contribution in [0.15, 0.2) is 0 Å². The Kier molecular flexibility index (Phi) is 13.6. The molecule has 5 heterocycles. The van der Waals surface area contributed by atoms with Crippen molar-refractivity contribution < 1.29 is 0 Å². The summed E-state index contributed by atoms with van der Waals surface area (Å²) in [5, 5.41) is 23.8. The normalized spacial score (nSPS) is 65.6. The third kappa shape index (κ3) is 7.17. The van der Waals surface area contributed by atoms with E-state index in [9.17, 15) is 0 Å². The first-order chi connectivity index (χ1) is 26.0. The van der Waals surface area contributed by atoms with E-state index in [2.05, 4.69) is 58.5 Å². The molecule has 8 bridgehead atoms. The lowest BCUT2D eigenvalue weighted by Crippen LogP contribution is -2.62. The van der Waals surface area contributed by atoms with E-state index in [0.717, 1.165) is 0 Å². The van der Waals surface area contributed by atoms with Gasteiger partial charge in [0.15, 0.2) is 0 Å². The topological polar surface area (TPSA) is 96.2 Å². The van der Waals surface area contributed by atoms with E-state index in [-0.39, 0.29) is 94.5 Å². The molecule has 5 aliphatic heterocycles. The van der Waals surface area contributed by atoms with Gasteiger partial charge in [-0.05, 0) is 12.3 Å². The molecule has 23 heteroatoms. The standard InChI is InChI=1S/C32H41BrCl14N8/c33-11-5-6(14(37)20(43)19(11)42)28-51-27(5)49-25-2-1-3(34)12(35)13(36)4(2)26(48-25)50-29-7-8(16(39)22(45)21(44)15(7)38)31(53-29)55-32-10-9(30(52-28)54-32)17(40)23(46)24(47)18(10)41/h2-32,48-55H,1H2. The first-order valence-electron chi connectivity index (χ1n) is 18.7. The van der Waals surface area contributed by atoms with Gasteiger partial charge in [0.2, 0.25) is 0 Å². The molecule has 4 aliphatic carbocycles. The van der Waals surface area contributed by atoms with E-state index >= 15 is 0 Å². The van der Waals surface area contributed by atoms with Crippen LogP contribution in [0.2, 0.25) is 0 Å². The number of fused-ring (bicyclic) bond motifs is 20. The number of nitrogens with one attached hydrogen (secondary N) is 8. The molecular weight excluding hydrogens is 1070 g/mol. The second kappa shape index (κ2) is 16.9. The molecule has 31 atom stereocenters. The number of rotatable bonds is 0. The molecule has 0 aromatic carbocycles. The van der Waals surface area contributed by atoms with E-state index in [0.29, 0.717) is 6.42 Å². The summed E-state index contributed by atoms with van der Waals surface area (Å²) >= 11 is 103. The van der Waals surface area contributed by atoms with Crippen LogP contribution in [0.3, 0.4) is 0 Å². The maximum Gasteiger partial charge on any atom is 0.0681 e. The molecule has 0 amide bonds. The molecule has 55 heavy (non-hydrogen) atoms. The number of hydrogen-bond acceptors (Lipinski definition) is 8. The molecule has 0 aromatic heterocycles. The van der Waals surface area contributed by atoms with Gasteiger partial charge in [-0.2, -0.15) is 0 Å². The second-order valence-electron chi connectivity index (χ2n) is 16.8. The highest BCUT2D eigenvalue weighted by Crippen LogP contribution is 2.53. The lowest BCUT2D eigenvalue weighted by Gasteiger charge is -2.45. The van der Waals surface area contributed by atoms with Gasteiger partial charge in [-0.3, -0.25) is 42.5 Å². The maximum atomic E-state index is 7.28. The van der Waals surface area contributed by atoms with Crippen molar-refractivity contribution in [2.24, 2.45) is 47.3 Å². The van der Waals surface area contributed by atoms with Crippen molar-refractivity contribution in [3.8, 4) is 0 Å². The molecule has 9 rings (SSSR count). The van der Waals surface area contributed by atoms with Gasteiger partial charge in [0, 0.05) is 46.3 Å². The Morgan fingerprint density at radius 1 is 0.273 bits per heavy atom. The maximum absolute atomic E-state index is 7.28. The van der Waals surface area contributed by atoms with Gasteiger partial charge in [-0.15, -0.1) is 162 Å². The minimum Gasteiger partial charge on any atom is -0.286 e. The zero-order valence-electron chi connectivity index (χ0n) is 28.3. The summed E-state index contributed by atoms with van der Waals surface area (Å²) in [5.74, 6) is -1.41. The molecule has 8 nitrogen and oxygen atoms in total. The largest absolute Gasteiger partial charge is 0.286 e. The summed E-state index contributed by atoms with van der Waals surface area (Å²) in [6.45, 7) is 0. The van der Waals surface area contributed by atoms with Crippen LogP contribution in [0.25, 0.3) is 0 Å². The lowest BCUT2D eigenvalue weighted by molar-refractivity contribution is 0.181. The Bertz CT molecular complexity index is 1430. The highest BCUT2D eigenvalue weighted by Gasteiger charge is 2.65. The van der Waals surface area contributed by atoms with Crippen molar-refractivity contribution in [1.29, 1.82) is 0 Å². The Balaban J connectivity index is 1.14.